The van der Waals surface area contributed by atoms with Crippen LogP contribution in [0.15, 0.2) is 18.2 Å². The van der Waals surface area contributed by atoms with E-state index in [9.17, 15) is 9.18 Å². The molecule has 0 atom stereocenters. The highest BCUT2D eigenvalue weighted by atomic mass is 19.1. The fraction of sp³-hybridized carbons (Fsp3) is 0.588. The van der Waals surface area contributed by atoms with Crippen molar-refractivity contribution >= 4 is 5.97 Å². The molecule has 118 valence electrons. The summed E-state index contributed by atoms with van der Waals surface area (Å²) >= 11 is 0. The van der Waals surface area contributed by atoms with Crippen molar-refractivity contribution < 1.29 is 14.3 Å². The van der Waals surface area contributed by atoms with Crippen LogP contribution in [0, 0.1) is 11.7 Å². The zero-order valence-electron chi connectivity index (χ0n) is 13.4. The van der Waals surface area contributed by atoms with Crippen molar-refractivity contribution in [2.45, 2.75) is 53.1 Å². The van der Waals surface area contributed by atoms with E-state index in [4.69, 9.17) is 5.11 Å². The maximum atomic E-state index is 14.1. The van der Waals surface area contributed by atoms with Gasteiger partial charge in [0.05, 0.1) is 5.56 Å². The van der Waals surface area contributed by atoms with Crippen molar-refractivity contribution in [3.63, 3.8) is 0 Å². The van der Waals surface area contributed by atoms with E-state index in [1.54, 1.807) is 6.07 Å². The van der Waals surface area contributed by atoms with Crippen LogP contribution in [0.1, 0.15) is 56.5 Å². The van der Waals surface area contributed by atoms with Crippen LogP contribution in [-0.2, 0) is 6.54 Å². The molecule has 0 bridgehead atoms. The molecule has 1 aromatic carbocycles. The van der Waals surface area contributed by atoms with Gasteiger partial charge in [0.1, 0.15) is 5.82 Å². The minimum atomic E-state index is -1.10. The van der Waals surface area contributed by atoms with Gasteiger partial charge in [-0.2, -0.15) is 0 Å². The molecule has 1 rings (SSSR count). The Labute approximate surface area is 126 Å². The molecule has 0 saturated carbocycles. The number of carboxylic acid groups (broad SMARTS) is 1. The monoisotopic (exact) mass is 295 g/mol. The molecule has 0 heterocycles. The SMILES string of the molecule is CCC(CC)N(Cc1ccc(C(=O)O)cc1F)CC(C)C. The van der Waals surface area contributed by atoms with Crippen molar-refractivity contribution in [2.75, 3.05) is 6.54 Å². The van der Waals surface area contributed by atoms with Crippen LogP contribution in [-0.4, -0.2) is 28.6 Å². The number of nitrogens with zero attached hydrogens (tertiary/aromatic N) is 1. The van der Waals surface area contributed by atoms with Gasteiger partial charge >= 0.3 is 5.97 Å². The van der Waals surface area contributed by atoms with E-state index in [-0.39, 0.29) is 5.56 Å². The van der Waals surface area contributed by atoms with Gasteiger partial charge in [-0.05, 0) is 30.9 Å². The van der Waals surface area contributed by atoms with E-state index in [1.807, 2.05) is 0 Å². The van der Waals surface area contributed by atoms with Gasteiger partial charge in [-0.15, -0.1) is 0 Å². The molecule has 0 amide bonds. The first-order valence-electron chi connectivity index (χ1n) is 7.64. The third-order valence-corrected chi connectivity index (χ3v) is 3.73. The number of halogens is 1. The van der Waals surface area contributed by atoms with Gasteiger partial charge in [-0.1, -0.05) is 33.8 Å². The summed E-state index contributed by atoms with van der Waals surface area (Å²) in [6, 6.07) is 4.60. The second-order valence-corrected chi connectivity index (χ2v) is 5.90. The zero-order valence-corrected chi connectivity index (χ0v) is 13.4. The number of aromatic carboxylic acids is 1. The lowest BCUT2D eigenvalue weighted by atomic mass is 10.0. The van der Waals surface area contributed by atoms with Gasteiger partial charge in [0.25, 0.3) is 0 Å². The highest BCUT2D eigenvalue weighted by Gasteiger charge is 2.18. The molecule has 0 unspecified atom stereocenters. The molecule has 0 aliphatic rings. The highest BCUT2D eigenvalue weighted by Crippen LogP contribution is 2.18. The molecule has 0 aliphatic heterocycles. The van der Waals surface area contributed by atoms with Crippen LogP contribution in [0.25, 0.3) is 0 Å². The Balaban J connectivity index is 2.94. The lowest BCUT2D eigenvalue weighted by Gasteiger charge is -2.32. The average molecular weight is 295 g/mol. The van der Waals surface area contributed by atoms with Crippen molar-refractivity contribution in [3.05, 3.63) is 35.1 Å². The van der Waals surface area contributed by atoms with Crippen molar-refractivity contribution in [3.8, 4) is 0 Å². The molecule has 0 spiro atoms. The molecular weight excluding hydrogens is 269 g/mol. The van der Waals surface area contributed by atoms with Gasteiger partial charge in [0, 0.05) is 24.7 Å². The van der Waals surface area contributed by atoms with Gasteiger partial charge in [-0.25, -0.2) is 9.18 Å². The molecule has 21 heavy (non-hydrogen) atoms. The van der Waals surface area contributed by atoms with Crippen molar-refractivity contribution in [2.24, 2.45) is 5.92 Å². The summed E-state index contributed by atoms with van der Waals surface area (Å²) in [6.07, 6.45) is 2.05. The third-order valence-electron chi connectivity index (χ3n) is 3.73. The summed E-state index contributed by atoms with van der Waals surface area (Å²) in [4.78, 5) is 13.2. The number of hydrogen-bond donors (Lipinski definition) is 1. The summed E-state index contributed by atoms with van der Waals surface area (Å²) in [5, 5.41) is 8.89. The minimum absolute atomic E-state index is 0.00538. The Hall–Kier alpha value is -1.42. The summed E-state index contributed by atoms with van der Waals surface area (Å²) in [5.74, 6) is -1.03. The number of carboxylic acids is 1. The van der Waals surface area contributed by atoms with E-state index in [0.29, 0.717) is 24.1 Å². The van der Waals surface area contributed by atoms with E-state index < -0.39 is 11.8 Å². The molecule has 1 aromatic rings. The molecule has 0 aliphatic carbocycles. The largest absolute Gasteiger partial charge is 0.478 e. The predicted molar refractivity (Wildman–Crippen MR) is 83.0 cm³/mol. The Kier molecular flexibility index (Phi) is 6.82. The van der Waals surface area contributed by atoms with Crippen molar-refractivity contribution in [1.29, 1.82) is 0 Å². The van der Waals surface area contributed by atoms with Crippen molar-refractivity contribution in [1.82, 2.24) is 4.90 Å². The smallest absolute Gasteiger partial charge is 0.335 e. The summed E-state index contributed by atoms with van der Waals surface area (Å²) in [6.45, 7) is 10.0. The molecular formula is C17H26FNO2. The Morgan fingerprint density at radius 2 is 1.90 bits per heavy atom. The Morgan fingerprint density at radius 3 is 2.33 bits per heavy atom. The maximum absolute atomic E-state index is 14.1. The van der Waals surface area contributed by atoms with E-state index in [1.165, 1.54) is 6.07 Å². The van der Waals surface area contributed by atoms with Crippen LogP contribution in [0.4, 0.5) is 4.39 Å². The zero-order chi connectivity index (χ0) is 16.0. The second-order valence-electron chi connectivity index (χ2n) is 5.90. The van der Waals surface area contributed by atoms with Crippen LogP contribution in [0.2, 0.25) is 0 Å². The molecule has 3 nitrogen and oxygen atoms in total. The number of hydrogen-bond acceptors (Lipinski definition) is 2. The van der Waals surface area contributed by atoms with Crippen LogP contribution < -0.4 is 0 Å². The number of rotatable bonds is 8. The normalized spacial score (nSPS) is 11.6. The Morgan fingerprint density at radius 1 is 1.29 bits per heavy atom. The summed E-state index contributed by atoms with van der Waals surface area (Å²) < 4.78 is 14.1. The van der Waals surface area contributed by atoms with Gasteiger partial charge in [-0.3, -0.25) is 4.90 Å². The third kappa shape index (κ3) is 5.12. The predicted octanol–water partition coefficient (Wildman–Crippen LogP) is 4.17. The lowest BCUT2D eigenvalue weighted by molar-refractivity contribution is 0.0696. The molecule has 1 N–H and O–H groups in total. The summed E-state index contributed by atoms with van der Waals surface area (Å²) in [5.41, 5.74) is 0.557. The van der Waals surface area contributed by atoms with Crippen LogP contribution in [0.3, 0.4) is 0 Å². The quantitative estimate of drug-likeness (QED) is 0.782. The van der Waals surface area contributed by atoms with Gasteiger partial charge in [0.15, 0.2) is 0 Å². The van der Waals surface area contributed by atoms with E-state index >= 15 is 0 Å². The maximum Gasteiger partial charge on any atom is 0.335 e. The van der Waals surface area contributed by atoms with Gasteiger partial charge < -0.3 is 5.11 Å². The lowest BCUT2D eigenvalue weighted by Crippen LogP contribution is -2.37. The second kappa shape index (κ2) is 8.13. The molecule has 0 radical (unpaired) electrons. The molecule has 0 saturated heterocycles. The standard InChI is InChI=1S/C17H26FNO2/c1-5-15(6-2)19(10-12(3)4)11-14-8-7-13(17(20)21)9-16(14)18/h7-9,12,15H,5-6,10-11H2,1-4H3,(H,20,21). The summed E-state index contributed by atoms with van der Waals surface area (Å²) in [7, 11) is 0. The average Bonchev–Trinajstić information content (AvgIpc) is 2.41. The Bertz CT molecular complexity index is 470. The van der Waals surface area contributed by atoms with Gasteiger partial charge in [0.2, 0.25) is 0 Å². The minimum Gasteiger partial charge on any atom is -0.478 e. The number of carbonyl (C=O) groups is 1. The highest BCUT2D eigenvalue weighted by molar-refractivity contribution is 5.87. The van der Waals surface area contributed by atoms with Crippen LogP contribution >= 0.6 is 0 Å². The van der Waals surface area contributed by atoms with Crippen LogP contribution in [0.5, 0.6) is 0 Å². The molecule has 0 aromatic heterocycles. The first kappa shape index (κ1) is 17.6. The first-order valence-corrected chi connectivity index (χ1v) is 7.64. The fourth-order valence-electron chi connectivity index (χ4n) is 2.64. The van der Waals surface area contributed by atoms with E-state index in [0.717, 1.165) is 25.5 Å². The number of benzene rings is 1. The topological polar surface area (TPSA) is 40.5 Å². The van der Waals surface area contributed by atoms with E-state index in [2.05, 4.69) is 32.6 Å². The molecule has 4 heteroatoms. The molecule has 0 fully saturated rings. The fourth-order valence-corrected chi connectivity index (χ4v) is 2.64. The first-order chi connectivity index (χ1) is 9.88.